The summed E-state index contributed by atoms with van der Waals surface area (Å²) in [6.45, 7) is 0.843. The van der Waals surface area contributed by atoms with Crippen LogP contribution in [0.5, 0.6) is 11.5 Å². The molecule has 0 bridgehead atoms. The molecule has 1 atom stereocenters. The molecule has 2 aliphatic rings. The standard InChI is InChI=1S/C29H29FN2O4/c30-14-17-35-24-9-6-21(7-10-24)28(20-4-2-1-3-5-20)22-12-15-32(16-13-22)29(34)23-8-11-26-25(18-23)31-27(33)19-36-26/h1-11,18,22,28H,12-17,19H2,(H,31,33). The lowest BCUT2D eigenvalue weighted by Gasteiger charge is -2.37. The van der Waals surface area contributed by atoms with Crippen LogP contribution in [0.1, 0.15) is 40.2 Å². The molecular weight excluding hydrogens is 459 g/mol. The highest BCUT2D eigenvalue weighted by Crippen LogP contribution is 2.39. The number of halogens is 1. The fraction of sp³-hybridized carbons (Fsp3) is 0.310. The number of rotatable bonds is 7. The second kappa shape index (κ2) is 10.8. The Kier molecular flexibility index (Phi) is 7.16. The smallest absolute Gasteiger partial charge is 0.262 e. The summed E-state index contributed by atoms with van der Waals surface area (Å²) in [5.41, 5.74) is 3.51. The molecule has 0 saturated carbocycles. The second-order valence-electron chi connectivity index (χ2n) is 9.17. The maximum atomic E-state index is 13.2. The first-order chi connectivity index (χ1) is 17.6. The molecule has 2 heterocycles. The Morgan fingerprint density at radius 2 is 1.75 bits per heavy atom. The zero-order valence-corrected chi connectivity index (χ0v) is 20.0. The van der Waals surface area contributed by atoms with Crippen molar-refractivity contribution in [3.8, 4) is 11.5 Å². The van der Waals surface area contributed by atoms with Gasteiger partial charge in [-0.2, -0.15) is 0 Å². The van der Waals surface area contributed by atoms with Crippen LogP contribution in [0.15, 0.2) is 72.8 Å². The van der Waals surface area contributed by atoms with Gasteiger partial charge in [-0.15, -0.1) is 0 Å². The molecular formula is C29H29FN2O4. The molecule has 1 saturated heterocycles. The average molecular weight is 489 g/mol. The average Bonchev–Trinajstić information content (AvgIpc) is 2.93. The number of hydrogen-bond acceptors (Lipinski definition) is 4. The number of carbonyl (C=O) groups is 2. The van der Waals surface area contributed by atoms with Gasteiger partial charge in [-0.1, -0.05) is 42.5 Å². The maximum absolute atomic E-state index is 13.2. The maximum Gasteiger partial charge on any atom is 0.262 e. The van der Waals surface area contributed by atoms with Crippen molar-refractivity contribution < 1.29 is 23.5 Å². The van der Waals surface area contributed by atoms with Gasteiger partial charge in [0.1, 0.15) is 24.8 Å². The Morgan fingerprint density at radius 1 is 1.03 bits per heavy atom. The molecule has 1 N–H and O–H groups in total. The van der Waals surface area contributed by atoms with Crippen LogP contribution in [0.2, 0.25) is 0 Å². The van der Waals surface area contributed by atoms with Gasteiger partial charge in [0.15, 0.2) is 6.61 Å². The second-order valence-corrected chi connectivity index (χ2v) is 9.17. The molecule has 1 unspecified atom stereocenters. The topological polar surface area (TPSA) is 67.9 Å². The molecule has 2 amide bonds. The number of amides is 2. The highest BCUT2D eigenvalue weighted by Gasteiger charge is 2.31. The highest BCUT2D eigenvalue weighted by atomic mass is 19.1. The molecule has 0 spiro atoms. The van der Waals surface area contributed by atoms with Gasteiger partial charge in [-0.05, 0) is 60.2 Å². The number of nitrogens with zero attached hydrogens (tertiary/aromatic N) is 1. The third kappa shape index (κ3) is 5.20. The summed E-state index contributed by atoms with van der Waals surface area (Å²) in [4.78, 5) is 26.8. The molecule has 5 rings (SSSR count). The van der Waals surface area contributed by atoms with E-state index in [1.54, 1.807) is 18.2 Å². The molecule has 1 fully saturated rings. The van der Waals surface area contributed by atoms with E-state index in [0.29, 0.717) is 41.8 Å². The molecule has 0 radical (unpaired) electrons. The third-order valence-corrected chi connectivity index (χ3v) is 6.90. The Balaban J connectivity index is 1.30. The van der Waals surface area contributed by atoms with Crippen molar-refractivity contribution >= 4 is 17.5 Å². The van der Waals surface area contributed by atoms with Crippen LogP contribution in [0.25, 0.3) is 0 Å². The fourth-order valence-corrected chi connectivity index (χ4v) is 5.16. The van der Waals surface area contributed by atoms with E-state index in [0.717, 1.165) is 12.8 Å². The molecule has 3 aromatic rings. The molecule has 186 valence electrons. The molecule has 0 aromatic heterocycles. The predicted molar refractivity (Wildman–Crippen MR) is 135 cm³/mol. The van der Waals surface area contributed by atoms with Gasteiger partial charge in [0.25, 0.3) is 11.8 Å². The summed E-state index contributed by atoms with van der Waals surface area (Å²) in [7, 11) is 0. The normalized spacial score (nSPS) is 16.5. The molecule has 2 aliphatic heterocycles. The van der Waals surface area contributed by atoms with E-state index in [1.807, 2.05) is 23.1 Å². The van der Waals surface area contributed by atoms with E-state index in [2.05, 4.69) is 41.7 Å². The van der Waals surface area contributed by atoms with Gasteiger partial charge in [0, 0.05) is 24.6 Å². The summed E-state index contributed by atoms with van der Waals surface area (Å²) < 4.78 is 23.3. The number of benzene rings is 3. The lowest BCUT2D eigenvalue weighted by atomic mass is 9.76. The Labute approximate surface area is 210 Å². The summed E-state index contributed by atoms with van der Waals surface area (Å²) in [6.07, 6.45) is 1.74. The number of alkyl halides is 1. The van der Waals surface area contributed by atoms with E-state index in [-0.39, 0.29) is 30.9 Å². The number of piperidine rings is 1. The minimum Gasteiger partial charge on any atom is -0.491 e. The summed E-state index contributed by atoms with van der Waals surface area (Å²) in [6, 6.07) is 23.5. The van der Waals surface area contributed by atoms with Crippen LogP contribution in [0.4, 0.5) is 10.1 Å². The molecule has 6 nitrogen and oxygen atoms in total. The summed E-state index contributed by atoms with van der Waals surface area (Å²) >= 11 is 0. The zero-order chi connectivity index (χ0) is 24.9. The van der Waals surface area contributed by atoms with Crippen LogP contribution in [-0.4, -0.2) is 49.7 Å². The third-order valence-electron chi connectivity index (χ3n) is 6.90. The van der Waals surface area contributed by atoms with Crippen molar-refractivity contribution in [2.75, 3.05) is 38.3 Å². The number of likely N-dealkylation sites (tertiary alicyclic amines) is 1. The molecule has 7 heteroatoms. The van der Waals surface area contributed by atoms with Crippen molar-refractivity contribution in [2.24, 2.45) is 5.92 Å². The molecule has 3 aromatic carbocycles. The number of hydrogen-bond donors (Lipinski definition) is 1. The largest absolute Gasteiger partial charge is 0.491 e. The van der Waals surface area contributed by atoms with Crippen molar-refractivity contribution in [1.82, 2.24) is 4.90 Å². The predicted octanol–water partition coefficient (Wildman–Crippen LogP) is 5.05. The van der Waals surface area contributed by atoms with Crippen molar-refractivity contribution in [3.63, 3.8) is 0 Å². The van der Waals surface area contributed by atoms with Gasteiger partial charge < -0.3 is 19.7 Å². The minimum absolute atomic E-state index is 0.0102. The van der Waals surface area contributed by atoms with Crippen LogP contribution in [0, 0.1) is 5.92 Å². The number of fused-ring (bicyclic) bond motifs is 1. The number of nitrogens with one attached hydrogen (secondary N) is 1. The van der Waals surface area contributed by atoms with Gasteiger partial charge in [-0.3, -0.25) is 9.59 Å². The quantitative estimate of drug-likeness (QED) is 0.505. The van der Waals surface area contributed by atoms with Crippen molar-refractivity contribution in [2.45, 2.75) is 18.8 Å². The number of carbonyl (C=O) groups excluding carboxylic acids is 2. The van der Waals surface area contributed by atoms with Crippen LogP contribution in [0.3, 0.4) is 0 Å². The van der Waals surface area contributed by atoms with Crippen LogP contribution in [-0.2, 0) is 4.79 Å². The summed E-state index contributed by atoms with van der Waals surface area (Å²) in [5.74, 6) is 1.54. The Morgan fingerprint density at radius 3 is 2.47 bits per heavy atom. The lowest BCUT2D eigenvalue weighted by molar-refractivity contribution is -0.118. The highest BCUT2D eigenvalue weighted by molar-refractivity contribution is 5.99. The van der Waals surface area contributed by atoms with E-state index < -0.39 is 6.67 Å². The van der Waals surface area contributed by atoms with Crippen molar-refractivity contribution in [1.29, 1.82) is 0 Å². The molecule has 36 heavy (non-hydrogen) atoms. The van der Waals surface area contributed by atoms with Gasteiger partial charge in [-0.25, -0.2) is 4.39 Å². The van der Waals surface area contributed by atoms with E-state index in [4.69, 9.17) is 9.47 Å². The van der Waals surface area contributed by atoms with E-state index in [9.17, 15) is 14.0 Å². The van der Waals surface area contributed by atoms with Crippen LogP contribution < -0.4 is 14.8 Å². The fourth-order valence-electron chi connectivity index (χ4n) is 5.16. The Hall–Kier alpha value is -3.87. The first-order valence-corrected chi connectivity index (χ1v) is 12.3. The van der Waals surface area contributed by atoms with E-state index >= 15 is 0 Å². The zero-order valence-electron chi connectivity index (χ0n) is 20.0. The van der Waals surface area contributed by atoms with Gasteiger partial charge >= 0.3 is 0 Å². The first kappa shape index (κ1) is 23.9. The van der Waals surface area contributed by atoms with Crippen molar-refractivity contribution in [3.05, 3.63) is 89.5 Å². The monoisotopic (exact) mass is 488 g/mol. The van der Waals surface area contributed by atoms with Crippen LogP contribution >= 0.6 is 0 Å². The Bertz CT molecular complexity index is 1210. The minimum atomic E-state index is -0.514. The first-order valence-electron chi connectivity index (χ1n) is 12.3. The lowest BCUT2D eigenvalue weighted by Crippen LogP contribution is -2.40. The van der Waals surface area contributed by atoms with Gasteiger partial charge in [0.05, 0.1) is 5.69 Å². The molecule has 0 aliphatic carbocycles. The SMILES string of the molecule is O=C1COc2ccc(C(=O)N3CCC(C(c4ccccc4)c4ccc(OCCF)cc4)CC3)cc2N1. The number of ether oxygens (including phenoxy) is 2. The number of anilines is 1. The summed E-state index contributed by atoms with van der Waals surface area (Å²) in [5, 5.41) is 2.77. The van der Waals surface area contributed by atoms with Gasteiger partial charge in [0.2, 0.25) is 0 Å². The van der Waals surface area contributed by atoms with E-state index in [1.165, 1.54) is 11.1 Å².